The second-order valence-electron chi connectivity index (χ2n) is 5.91. The lowest BCUT2D eigenvalue weighted by Crippen LogP contribution is -2.34. The first kappa shape index (κ1) is 18.5. The third kappa shape index (κ3) is 3.25. The molecule has 0 unspecified atom stereocenters. The van der Waals surface area contributed by atoms with Crippen LogP contribution in [0.5, 0.6) is 0 Å². The van der Waals surface area contributed by atoms with Crippen LogP contribution in [0.3, 0.4) is 0 Å². The monoisotopic (exact) mass is 381 g/mol. The van der Waals surface area contributed by atoms with Gasteiger partial charge in [-0.3, -0.25) is 14.8 Å². The molecule has 27 heavy (non-hydrogen) atoms. The van der Waals surface area contributed by atoms with Crippen LogP contribution in [0.25, 0.3) is 0 Å². The van der Waals surface area contributed by atoms with Crippen molar-refractivity contribution in [3.63, 3.8) is 0 Å². The minimum absolute atomic E-state index is 0.0105. The molecule has 142 valence electrons. The molecule has 2 aromatic rings. The first-order valence-corrected chi connectivity index (χ1v) is 7.73. The van der Waals surface area contributed by atoms with E-state index in [9.17, 15) is 27.6 Å². The molecule has 0 amide bonds. The summed E-state index contributed by atoms with van der Waals surface area (Å²) in [5.41, 5.74) is -2.34. The van der Waals surface area contributed by atoms with Crippen molar-refractivity contribution in [2.45, 2.75) is 19.0 Å². The van der Waals surface area contributed by atoms with Crippen molar-refractivity contribution in [3.05, 3.63) is 73.1 Å². The quantitative estimate of drug-likeness (QED) is 0.691. The first-order chi connectivity index (χ1) is 12.6. The van der Waals surface area contributed by atoms with Gasteiger partial charge in [0.2, 0.25) is 0 Å². The van der Waals surface area contributed by atoms with E-state index in [1.54, 1.807) is 0 Å². The van der Waals surface area contributed by atoms with E-state index in [4.69, 9.17) is 4.74 Å². The lowest BCUT2D eigenvalue weighted by Gasteiger charge is -2.28. The molecule has 0 bridgehead atoms. The SMILES string of the molecule is COC(=O)C1=C(C)Nc2[nH]c(=O)[nH]c(=O)c2[C@H]1c1cccc(C(F)(F)F)c1. The van der Waals surface area contributed by atoms with Gasteiger partial charge >= 0.3 is 17.8 Å². The Labute approximate surface area is 149 Å². The average molecular weight is 381 g/mol. The number of carbonyl (C=O) groups excluding carboxylic acids is 1. The number of ether oxygens (including phenoxy) is 1. The summed E-state index contributed by atoms with van der Waals surface area (Å²) in [6.45, 7) is 1.50. The normalized spacial score (nSPS) is 16.6. The van der Waals surface area contributed by atoms with E-state index in [1.165, 1.54) is 19.1 Å². The van der Waals surface area contributed by atoms with Gasteiger partial charge in [0.05, 0.1) is 29.7 Å². The summed E-state index contributed by atoms with van der Waals surface area (Å²) < 4.78 is 44.1. The standard InChI is InChI=1S/C17H14F3N3O4/c1-7-10(15(25)27-2)11(8-4-3-5-9(6-8)17(18,19)20)12-13(21-7)22-16(26)23-14(12)24/h3-6,11H,1-2H3,(H3,21,22,23,24,26)/t11-/m0/s1. The maximum absolute atomic E-state index is 13.1. The number of anilines is 1. The number of hydrogen-bond donors (Lipinski definition) is 3. The Balaban J connectivity index is 2.32. The highest BCUT2D eigenvalue weighted by atomic mass is 19.4. The van der Waals surface area contributed by atoms with Gasteiger partial charge in [-0.15, -0.1) is 0 Å². The minimum atomic E-state index is -4.60. The maximum atomic E-state index is 13.1. The second kappa shape index (κ2) is 6.45. The van der Waals surface area contributed by atoms with Crippen LogP contribution in [-0.2, 0) is 15.7 Å². The number of H-pyrrole nitrogens is 2. The van der Waals surface area contributed by atoms with Gasteiger partial charge in [-0.25, -0.2) is 9.59 Å². The molecule has 0 spiro atoms. The summed E-state index contributed by atoms with van der Waals surface area (Å²) in [7, 11) is 1.12. The number of alkyl halides is 3. The molecule has 0 aliphatic carbocycles. The lowest BCUT2D eigenvalue weighted by atomic mass is 9.82. The van der Waals surface area contributed by atoms with Gasteiger partial charge in [0, 0.05) is 5.70 Å². The zero-order valence-electron chi connectivity index (χ0n) is 14.2. The van der Waals surface area contributed by atoms with Crippen molar-refractivity contribution in [3.8, 4) is 0 Å². The summed E-state index contributed by atoms with van der Waals surface area (Å²) in [4.78, 5) is 40.7. The molecule has 3 rings (SSSR count). The van der Waals surface area contributed by atoms with Gasteiger partial charge in [0.1, 0.15) is 5.82 Å². The summed E-state index contributed by atoms with van der Waals surface area (Å²) in [5, 5.41) is 2.73. The Morgan fingerprint density at radius 3 is 2.52 bits per heavy atom. The van der Waals surface area contributed by atoms with Crippen molar-refractivity contribution in [1.29, 1.82) is 0 Å². The summed E-state index contributed by atoms with van der Waals surface area (Å²) in [6, 6.07) is 4.30. The molecule has 10 heteroatoms. The number of nitrogens with one attached hydrogen (secondary N) is 3. The van der Waals surface area contributed by atoms with Crippen LogP contribution < -0.4 is 16.6 Å². The van der Waals surface area contributed by atoms with Crippen LogP contribution in [0.2, 0.25) is 0 Å². The Morgan fingerprint density at radius 1 is 1.19 bits per heavy atom. The average Bonchev–Trinajstić information content (AvgIpc) is 2.59. The summed E-state index contributed by atoms with van der Waals surface area (Å²) in [5.74, 6) is -1.95. The van der Waals surface area contributed by atoms with Crippen LogP contribution in [0.15, 0.2) is 45.1 Å². The Morgan fingerprint density at radius 2 is 1.89 bits per heavy atom. The molecule has 0 saturated carbocycles. The fourth-order valence-electron chi connectivity index (χ4n) is 3.09. The number of aromatic nitrogens is 2. The third-order valence-electron chi connectivity index (χ3n) is 4.23. The number of aromatic amines is 2. The summed E-state index contributed by atoms with van der Waals surface area (Å²) in [6.07, 6.45) is -4.60. The van der Waals surface area contributed by atoms with Crippen LogP contribution in [-0.4, -0.2) is 23.0 Å². The Bertz CT molecular complexity index is 1070. The topological polar surface area (TPSA) is 104 Å². The van der Waals surface area contributed by atoms with E-state index in [0.717, 1.165) is 19.2 Å². The van der Waals surface area contributed by atoms with E-state index >= 15 is 0 Å². The van der Waals surface area contributed by atoms with Gasteiger partial charge in [-0.1, -0.05) is 18.2 Å². The molecule has 1 aliphatic heterocycles. The highest BCUT2D eigenvalue weighted by molar-refractivity contribution is 5.94. The zero-order valence-corrected chi connectivity index (χ0v) is 14.2. The Kier molecular flexibility index (Phi) is 4.42. The number of carbonyl (C=O) groups is 1. The number of rotatable bonds is 2. The summed E-state index contributed by atoms with van der Waals surface area (Å²) >= 11 is 0. The van der Waals surface area contributed by atoms with Gasteiger partial charge in [0.25, 0.3) is 5.56 Å². The van der Waals surface area contributed by atoms with Crippen molar-refractivity contribution >= 4 is 11.8 Å². The highest BCUT2D eigenvalue weighted by Crippen LogP contribution is 2.40. The van der Waals surface area contributed by atoms with Gasteiger partial charge < -0.3 is 10.1 Å². The number of hydrogen-bond acceptors (Lipinski definition) is 5. The van der Waals surface area contributed by atoms with Crippen molar-refractivity contribution < 1.29 is 22.7 Å². The molecular formula is C17H14F3N3O4. The third-order valence-corrected chi connectivity index (χ3v) is 4.23. The molecule has 1 atom stereocenters. The molecule has 7 nitrogen and oxygen atoms in total. The van der Waals surface area contributed by atoms with E-state index in [0.29, 0.717) is 0 Å². The predicted molar refractivity (Wildman–Crippen MR) is 89.3 cm³/mol. The predicted octanol–water partition coefficient (Wildman–Crippen LogP) is 2.09. The zero-order chi connectivity index (χ0) is 19.9. The molecule has 1 aromatic carbocycles. The van der Waals surface area contributed by atoms with Crippen LogP contribution in [0.4, 0.5) is 19.0 Å². The molecule has 2 heterocycles. The fraction of sp³-hybridized carbons (Fsp3) is 0.235. The van der Waals surface area contributed by atoms with Crippen molar-refractivity contribution in [2.24, 2.45) is 0 Å². The van der Waals surface area contributed by atoms with E-state index < -0.39 is 34.9 Å². The number of esters is 1. The van der Waals surface area contributed by atoms with E-state index in [-0.39, 0.29) is 28.2 Å². The smallest absolute Gasteiger partial charge is 0.416 e. The van der Waals surface area contributed by atoms with Crippen molar-refractivity contribution in [1.82, 2.24) is 9.97 Å². The molecule has 1 aliphatic rings. The van der Waals surface area contributed by atoms with Crippen LogP contribution >= 0.6 is 0 Å². The fourth-order valence-corrected chi connectivity index (χ4v) is 3.09. The molecule has 1 aromatic heterocycles. The second-order valence-corrected chi connectivity index (χ2v) is 5.91. The molecule has 0 fully saturated rings. The van der Waals surface area contributed by atoms with E-state index in [1.807, 2.05) is 4.98 Å². The lowest BCUT2D eigenvalue weighted by molar-refractivity contribution is -0.137. The minimum Gasteiger partial charge on any atom is -0.466 e. The van der Waals surface area contributed by atoms with Crippen molar-refractivity contribution in [2.75, 3.05) is 12.4 Å². The van der Waals surface area contributed by atoms with Gasteiger partial charge in [-0.05, 0) is 18.6 Å². The van der Waals surface area contributed by atoms with Gasteiger partial charge in [-0.2, -0.15) is 13.2 Å². The molecule has 3 N–H and O–H groups in total. The number of fused-ring (bicyclic) bond motifs is 1. The van der Waals surface area contributed by atoms with E-state index in [2.05, 4.69) is 10.3 Å². The van der Waals surface area contributed by atoms with Crippen LogP contribution in [0.1, 0.15) is 29.5 Å². The molecule has 0 radical (unpaired) electrons. The van der Waals surface area contributed by atoms with Gasteiger partial charge in [0.15, 0.2) is 0 Å². The highest BCUT2D eigenvalue weighted by Gasteiger charge is 2.37. The Hall–Kier alpha value is -3.30. The number of methoxy groups -OCH3 is 1. The number of allylic oxidation sites excluding steroid dienone is 1. The maximum Gasteiger partial charge on any atom is 0.416 e. The number of halogens is 3. The number of benzene rings is 1. The largest absolute Gasteiger partial charge is 0.466 e. The van der Waals surface area contributed by atoms with Crippen LogP contribution in [0, 0.1) is 0 Å². The molecule has 0 saturated heterocycles. The molecular weight excluding hydrogens is 367 g/mol. The first-order valence-electron chi connectivity index (χ1n) is 7.73.